The molecule has 1 rings (SSSR count). The molecule has 150 valence electrons. The van der Waals surface area contributed by atoms with E-state index in [4.69, 9.17) is 0 Å². The molecule has 0 bridgehead atoms. The van der Waals surface area contributed by atoms with Gasteiger partial charge in [-0.05, 0) is 12.0 Å². The van der Waals surface area contributed by atoms with E-state index in [2.05, 4.69) is 11.6 Å². The maximum atomic E-state index is 12.0. The molecule has 0 aromatic heterocycles. The quantitative estimate of drug-likeness (QED) is 0.327. The summed E-state index contributed by atoms with van der Waals surface area (Å²) in [6.45, 7) is 2.65. The second-order valence-electron chi connectivity index (χ2n) is 7.37. The topological polar surface area (TPSA) is 46.2 Å². The van der Waals surface area contributed by atoms with E-state index in [0.29, 0.717) is 6.54 Å². The zero-order valence-electron chi connectivity index (χ0n) is 16.7. The monoisotopic (exact) mass is 381 g/mol. The minimum absolute atomic E-state index is 0.248. The number of hydrogen-bond donors (Lipinski definition) is 1. The minimum atomic E-state index is -3.14. The lowest BCUT2D eigenvalue weighted by Gasteiger charge is -2.07. The second kappa shape index (κ2) is 15.2. The number of nitrogens with one attached hydrogen (secondary N) is 1. The summed E-state index contributed by atoms with van der Waals surface area (Å²) in [6.07, 6.45) is 16.5. The molecule has 0 aliphatic heterocycles. The summed E-state index contributed by atoms with van der Waals surface area (Å²) in [5.74, 6) is 0.248. The molecular formula is C22H39NO2S. The molecule has 0 fully saturated rings. The Labute approximate surface area is 162 Å². The molecule has 3 nitrogen and oxygen atoms in total. The van der Waals surface area contributed by atoms with Crippen molar-refractivity contribution in [3.8, 4) is 0 Å². The molecule has 1 aromatic rings. The van der Waals surface area contributed by atoms with Crippen LogP contribution >= 0.6 is 0 Å². The molecule has 0 saturated heterocycles. The van der Waals surface area contributed by atoms with Crippen LogP contribution < -0.4 is 4.72 Å². The van der Waals surface area contributed by atoms with E-state index >= 15 is 0 Å². The van der Waals surface area contributed by atoms with Gasteiger partial charge in [0.1, 0.15) is 0 Å². The normalized spacial score (nSPS) is 11.7. The van der Waals surface area contributed by atoms with Crippen molar-refractivity contribution in [3.05, 3.63) is 35.9 Å². The van der Waals surface area contributed by atoms with Crippen LogP contribution in [0.1, 0.15) is 96.0 Å². The summed E-state index contributed by atoms with van der Waals surface area (Å²) in [4.78, 5) is 0. The van der Waals surface area contributed by atoms with Gasteiger partial charge in [-0.15, -0.1) is 0 Å². The molecule has 1 aromatic carbocycles. The van der Waals surface area contributed by atoms with Crippen LogP contribution in [0.5, 0.6) is 0 Å². The molecule has 0 radical (unpaired) electrons. The molecular weight excluding hydrogens is 342 g/mol. The maximum Gasteiger partial charge on any atom is 0.211 e. The first-order chi connectivity index (χ1) is 12.6. The molecule has 0 amide bonds. The van der Waals surface area contributed by atoms with E-state index in [1.165, 1.54) is 64.2 Å². The minimum Gasteiger partial charge on any atom is -0.212 e. The molecule has 4 heteroatoms. The predicted molar refractivity (Wildman–Crippen MR) is 113 cm³/mol. The number of benzene rings is 1. The Morgan fingerprint density at radius 2 is 1.15 bits per heavy atom. The van der Waals surface area contributed by atoms with Crippen molar-refractivity contribution in [3.63, 3.8) is 0 Å². The largest absolute Gasteiger partial charge is 0.212 e. The summed E-state index contributed by atoms with van der Waals surface area (Å²) in [6, 6.07) is 9.67. The molecule has 1 N–H and O–H groups in total. The molecule has 0 saturated carbocycles. The summed E-state index contributed by atoms with van der Waals surface area (Å²) < 4.78 is 26.7. The van der Waals surface area contributed by atoms with E-state index in [9.17, 15) is 8.42 Å². The van der Waals surface area contributed by atoms with Gasteiger partial charge in [-0.2, -0.15) is 0 Å². The van der Waals surface area contributed by atoms with Crippen LogP contribution in [0.2, 0.25) is 0 Å². The van der Waals surface area contributed by atoms with Crippen molar-refractivity contribution in [1.29, 1.82) is 0 Å². The average Bonchev–Trinajstić information content (AvgIpc) is 2.65. The van der Waals surface area contributed by atoms with Gasteiger partial charge < -0.3 is 0 Å². The number of hydrogen-bond acceptors (Lipinski definition) is 2. The van der Waals surface area contributed by atoms with Crippen molar-refractivity contribution in [2.75, 3.05) is 5.75 Å². The van der Waals surface area contributed by atoms with Gasteiger partial charge in [-0.1, -0.05) is 114 Å². The van der Waals surface area contributed by atoms with E-state index in [1.54, 1.807) is 0 Å². The van der Waals surface area contributed by atoms with Crippen molar-refractivity contribution >= 4 is 10.0 Å². The Kier molecular flexibility index (Phi) is 13.6. The summed E-state index contributed by atoms with van der Waals surface area (Å²) >= 11 is 0. The average molecular weight is 382 g/mol. The first kappa shape index (κ1) is 23.2. The maximum absolute atomic E-state index is 12.0. The van der Waals surface area contributed by atoms with E-state index < -0.39 is 10.0 Å². The Hall–Kier alpha value is -0.870. The molecule has 0 spiro atoms. The lowest BCUT2D eigenvalue weighted by molar-refractivity contribution is 0.540. The van der Waals surface area contributed by atoms with Crippen molar-refractivity contribution in [2.24, 2.45) is 0 Å². The SMILES string of the molecule is CCCCCCCCCCCCCCCS(=O)(=O)NCc1ccccc1. The van der Waals surface area contributed by atoms with Crippen molar-refractivity contribution < 1.29 is 8.42 Å². The zero-order chi connectivity index (χ0) is 18.9. The van der Waals surface area contributed by atoms with Gasteiger partial charge in [0.2, 0.25) is 10.0 Å². The van der Waals surface area contributed by atoms with Crippen LogP contribution in [0.25, 0.3) is 0 Å². The Morgan fingerprint density at radius 1 is 0.692 bits per heavy atom. The smallest absolute Gasteiger partial charge is 0.211 e. The number of unbranched alkanes of at least 4 members (excludes halogenated alkanes) is 12. The summed E-state index contributed by atoms with van der Waals surface area (Å²) in [5, 5.41) is 0. The van der Waals surface area contributed by atoms with Crippen LogP contribution in [0.4, 0.5) is 0 Å². The van der Waals surface area contributed by atoms with Gasteiger partial charge in [-0.25, -0.2) is 13.1 Å². The van der Waals surface area contributed by atoms with Gasteiger partial charge in [-0.3, -0.25) is 0 Å². The van der Waals surface area contributed by atoms with Crippen LogP contribution in [0, 0.1) is 0 Å². The van der Waals surface area contributed by atoms with E-state index in [0.717, 1.165) is 24.8 Å². The predicted octanol–water partition coefficient (Wildman–Crippen LogP) is 6.20. The zero-order valence-corrected chi connectivity index (χ0v) is 17.5. The molecule has 0 aliphatic carbocycles. The fraction of sp³-hybridized carbons (Fsp3) is 0.727. The highest BCUT2D eigenvalue weighted by atomic mass is 32.2. The van der Waals surface area contributed by atoms with Gasteiger partial charge in [0, 0.05) is 6.54 Å². The second-order valence-corrected chi connectivity index (χ2v) is 9.29. The fourth-order valence-electron chi connectivity index (χ4n) is 3.17. The Bertz CT molecular complexity index is 528. The third kappa shape index (κ3) is 13.3. The summed E-state index contributed by atoms with van der Waals surface area (Å²) in [7, 11) is -3.14. The molecule has 0 heterocycles. The number of sulfonamides is 1. The van der Waals surface area contributed by atoms with Crippen LogP contribution in [0.15, 0.2) is 30.3 Å². The molecule has 26 heavy (non-hydrogen) atoms. The highest BCUT2D eigenvalue weighted by Crippen LogP contribution is 2.12. The van der Waals surface area contributed by atoms with Crippen molar-refractivity contribution in [2.45, 2.75) is 96.9 Å². The molecule has 0 aliphatic rings. The van der Waals surface area contributed by atoms with Crippen LogP contribution in [-0.4, -0.2) is 14.2 Å². The molecule has 0 unspecified atom stereocenters. The Morgan fingerprint density at radius 3 is 1.65 bits per heavy atom. The highest BCUT2D eigenvalue weighted by molar-refractivity contribution is 7.89. The lowest BCUT2D eigenvalue weighted by Crippen LogP contribution is -2.25. The standard InChI is InChI=1S/C22H39NO2S/c1-2-3-4-5-6-7-8-9-10-11-12-13-17-20-26(24,25)23-21-22-18-15-14-16-19-22/h14-16,18-19,23H,2-13,17,20-21H2,1H3. The first-order valence-corrected chi connectivity index (χ1v) is 12.3. The van der Waals surface area contributed by atoms with Gasteiger partial charge in [0.15, 0.2) is 0 Å². The van der Waals surface area contributed by atoms with E-state index in [-0.39, 0.29) is 5.75 Å². The third-order valence-corrected chi connectivity index (χ3v) is 6.27. The highest BCUT2D eigenvalue weighted by Gasteiger charge is 2.09. The number of rotatable bonds is 17. The lowest BCUT2D eigenvalue weighted by atomic mass is 10.1. The van der Waals surface area contributed by atoms with Crippen molar-refractivity contribution in [1.82, 2.24) is 4.72 Å². The third-order valence-electron chi connectivity index (χ3n) is 4.86. The van der Waals surface area contributed by atoms with Crippen LogP contribution in [-0.2, 0) is 16.6 Å². The summed E-state index contributed by atoms with van der Waals surface area (Å²) in [5.41, 5.74) is 1.00. The van der Waals surface area contributed by atoms with Crippen LogP contribution in [0.3, 0.4) is 0 Å². The fourth-order valence-corrected chi connectivity index (χ4v) is 4.29. The molecule has 0 atom stereocenters. The van der Waals surface area contributed by atoms with Gasteiger partial charge >= 0.3 is 0 Å². The Balaban J connectivity index is 1.90. The van der Waals surface area contributed by atoms with Gasteiger partial charge in [0.05, 0.1) is 5.75 Å². The first-order valence-electron chi connectivity index (χ1n) is 10.7. The van der Waals surface area contributed by atoms with Gasteiger partial charge in [0.25, 0.3) is 0 Å². The van der Waals surface area contributed by atoms with E-state index in [1.807, 2.05) is 30.3 Å².